The lowest BCUT2D eigenvalue weighted by molar-refractivity contribution is -0.0962. The van der Waals surface area contributed by atoms with Gasteiger partial charge in [0.15, 0.2) is 0 Å². The highest BCUT2D eigenvalue weighted by atomic mass is 35.5. The van der Waals surface area contributed by atoms with Gasteiger partial charge in [-0.05, 0) is 18.6 Å². The second-order valence-corrected chi connectivity index (χ2v) is 5.71. The van der Waals surface area contributed by atoms with Gasteiger partial charge < -0.3 is 0 Å². The molecule has 9 heteroatoms. The minimum atomic E-state index is -4.24. The van der Waals surface area contributed by atoms with Gasteiger partial charge in [0.05, 0.1) is 16.8 Å². The van der Waals surface area contributed by atoms with Crippen molar-refractivity contribution in [1.29, 1.82) is 0 Å². The third-order valence-corrected chi connectivity index (χ3v) is 4.06. The van der Waals surface area contributed by atoms with Crippen LogP contribution in [0.3, 0.4) is 0 Å². The number of hydrogen-bond donors (Lipinski definition) is 0. The van der Waals surface area contributed by atoms with Crippen molar-refractivity contribution in [1.82, 2.24) is 0 Å². The molecule has 0 saturated heterocycles. The summed E-state index contributed by atoms with van der Waals surface area (Å²) in [4.78, 5) is -0.235. The predicted octanol–water partition coefficient (Wildman–Crippen LogP) is 2.59. The van der Waals surface area contributed by atoms with Crippen LogP contribution in [0.2, 0.25) is 5.02 Å². The molecule has 0 fully saturated rings. The number of benzene rings is 1. The Morgan fingerprint density at radius 1 is 1.35 bits per heavy atom. The summed E-state index contributed by atoms with van der Waals surface area (Å²) in [5.41, 5.74) is 0.383. The highest BCUT2D eigenvalue weighted by molar-refractivity contribution is 7.87. The average molecular weight is 300 g/mol. The van der Waals surface area contributed by atoms with Crippen molar-refractivity contribution >= 4 is 30.0 Å². The zero-order valence-electron chi connectivity index (χ0n) is 8.91. The van der Waals surface area contributed by atoms with Crippen molar-refractivity contribution in [2.45, 2.75) is 11.8 Å². The molecule has 0 spiro atoms. The van der Waals surface area contributed by atoms with E-state index in [0.29, 0.717) is 5.56 Å². The van der Waals surface area contributed by atoms with E-state index in [4.69, 9.17) is 11.6 Å². The van der Waals surface area contributed by atoms with Gasteiger partial charge in [0.2, 0.25) is 0 Å². The van der Waals surface area contributed by atoms with Crippen LogP contribution in [0.15, 0.2) is 23.1 Å². The summed E-state index contributed by atoms with van der Waals surface area (Å²) < 4.78 is 46.5. The molecule has 17 heavy (non-hydrogen) atoms. The Kier molecular flexibility index (Phi) is 5.00. The number of halogens is 1. The molecule has 0 saturated carbocycles. The molecule has 0 aliphatic rings. The lowest BCUT2D eigenvalue weighted by Crippen LogP contribution is -2.07. The van der Waals surface area contributed by atoms with Gasteiger partial charge in [-0.3, -0.25) is 0 Å². The first-order valence-electron chi connectivity index (χ1n) is 4.26. The maximum Gasteiger partial charge on any atom is 0.729 e. The zero-order valence-corrected chi connectivity index (χ0v) is 11.4. The summed E-state index contributed by atoms with van der Waals surface area (Å²) >= 11 is 5.74. The van der Waals surface area contributed by atoms with E-state index in [1.54, 1.807) is 19.1 Å². The summed E-state index contributed by atoms with van der Waals surface area (Å²) in [7, 11) is -5.81. The van der Waals surface area contributed by atoms with Crippen LogP contribution in [0.1, 0.15) is 5.56 Å². The van der Waals surface area contributed by atoms with Crippen LogP contribution in [0.4, 0.5) is 0 Å². The average Bonchev–Trinajstić information content (AvgIpc) is 2.25. The van der Waals surface area contributed by atoms with Crippen molar-refractivity contribution in [2.75, 3.05) is 7.11 Å². The Hall–Kier alpha value is -0.560. The molecule has 1 atom stereocenters. The van der Waals surface area contributed by atoms with Gasteiger partial charge >= 0.3 is 18.4 Å². The van der Waals surface area contributed by atoms with Crippen LogP contribution < -0.4 is 0 Å². The lowest BCUT2D eigenvalue weighted by atomic mass is 10.2. The van der Waals surface area contributed by atoms with Crippen LogP contribution in [-0.4, -0.2) is 15.5 Å². The smallest absolute Gasteiger partial charge is 0.191 e. The Morgan fingerprint density at radius 2 is 2.00 bits per heavy atom. The maximum atomic E-state index is 11.7. The highest BCUT2D eigenvalue weighted by Gasteiger charge is 2.29. The number of rotatable bonds is 5. The third-order valence-electron chi connectivity index (χ3n) is 1.74. The SMILES string of the molecule is CO[P+](=O)OOS(=O)(=O)c1c(C)cccc1Cl. The van der Waals surface area contributed by atoms with Crippen molar-refractivity contribution in [3.8, 4) is 0 Å². The Morgan fingerprint density at radius 3 is 2.53 bits per heavy atom. The van der Waals surface area contributed by atoms with E-state index >= 15 is 0 Å². The molecule has 0 radical (unpaired) electrons. The molecule has 1 aromatic rings. The minimum absolute atomic E-state index is 0.0127. The molecule has 0 heterocycles. The first kappa shape index (κ1) is 14.5. The van der Waals surface area contributed by atoms with Crippen LogP contribution in [0.5, 0.6) is 0 Å². The van der Waals surface area contributed by atoms with E-state index in [1.807, 2.05) is 0 Å². The van der Waals surface area contributed by atoms with Gasteiger partial charge in [-0.2, -0.15) is 8.42 Å². The van der Waals surface area contributed by atoms with Crippen LogP contribution >= 0.6 is 19.9 Å². The van der Waals surface area contributed by atoms with Crippen molar-refractivity contribution in [3.05, 3.63) is 28.8 Å². The van der Waals surface area contributed by atoms with Gasteiger partial charge in [0.25, 0.3) is 0 Å². The zero-order chi connectivity index (χ0) is 13.1. The van der Waals surface area contributed by atoms with Crippen LogP contribution in [0.25, 0.3) is 0 Å². The summed E-state index contributed by atoms with van der Waals surface area (Å²) in [6.45, 7) is 1.54. The molecule has 0 N–H and O–H groups in total. The fourth-order valence-electron chi connectivity index (χ4n) is 1.06. The molecule has 0 aliphatic carbocycles. The lowest BCUT2D eigenvalue weighted by Gasteiger charge is -2.05. The van der Waals surface area contributed by atoms with Gasteiger partial charge in [0.1, 0.15) is 4.90 Å². The van der Waals surface area contributed by atoms with Gasteiger partial charge in [-0.25, -0.2) is 0 Å². The second kappa shape index (κ2) is 5.86. The fraction of sp³-hybridized carbons (Fsp3) is 0.250. The molecular weight excluding hydrogens is 291 g/mol. The normalized spacial score (nSPS) is 12.5. The van der Waals surface area contributed by atoms with E-state index in [0.717, 1.165) is 7.11 Å². The van der Waals surface area contributed by atoms with E-state index in [9.17, 15) is 13.0 Å². The van der Waals surface area contributed by atoms with Crippen molar-refractivity contribution < 1.29 is 26.5 Å². The number of aryl methyl sites for hydroxylation is 1. The molecule has 0 amide bonds. The Balaban J connectivity index is 3.02. The Labute approximate surface area is 104 Å². The standard InChI is InChI=1S/C8H9ClO6PS/c1-6-4-3-5-7(9)8(6)17(11,12)15-14-16(10)13-2/h3-5H,1-2H3/q+1. The van der Waals surface area contributed by atoms with Gasteiger partial charge in [-0.1, -0.05) is 28.1 Å². The first-order valence-corrected chi connectivity index (χ1v) is 7.14. The predicted molar refractivity (Wildman–Crippen MR) is 60.2 cm³/mol. The molecule has 1 aromatic carbocycles. The van der Waals surface area contributed by atoms with E-state index in [-0.39, 0.29) is 9.92 Å². The first-order chi connectivity index (χ1) is 7.88. The summed E-state index contributed by atoms with van der Waals surface area (Å²) in [5, 5.41) is -0.0127. The molecular formula is C8H9ClO6PS+. The summed E-state index contributed by atoms with van der Waals surface area (Å²) in [6, 6.07) is 4.52. The maximum absolute atomic E-state index is 11.7. The van der Waals surface area contributed by atoms with Gasteiger partial charge in [0, 0.05) is 4.57 Å². The molecule has 1 rings (SSSR count). The second-order valence-electron chi connectivity index (χ2n) is 2.89. The summed E-state index contributed by atoms with van der Waals surface area (Å²) in [5.74, 6) is 0. The largest absolute Gasteiger partial charge is 0.729 e. The van der Waals surface area contributed by atoms with Crippen LogP contribution in [-0.2, 0) is 28.2 Å². The molecule has 0 aliphatic heterocycles. The van der Waals surface area contributed by atoms with Gasteiger partial charge in [-0.15, -0.1) is 4.52 Å². The Bertz CT molecular complexity index is 509. The van der Waals surface area contributed by atoms with Crippen molar-refractivity contribution in [2.24, 2.45) is 0 Å². The van der Waals surface area contributed by atoms with Crippen LogP contribution in [0, 0.1) is 6.92 Å². The summed E-state index contributed by atoms with van der Waals surface area (Å²) in [6.07, 6.45) is 0. The van der Waals surface area contributed by atoms with Crippen molar-refractivity contribution in [3.63, 3.8) is 0 Å². The molecule has 94 valence electrons. The molecule has 0 bridgehead atoms. The molecule has 1 unspecified atom stereocenters. The topological polar surface area (TPSA) is 78.9 Å². The highest BCUT2D eigenvalue weighted by Crippen LogP contribution is 2.30. The van der Waals surface area contributed by atoms with E-state index < -0.39 is 18.4 Å². The molecule has 6 nitrogen and oxygen atoms in total. The monoisotopic (exact) mass is 299 g/mol. The fourth-order valence-corrected chi connectivity index (χ4v) is 2.99. The molecule has 0 aromatic heterocycles. The number of hydrogen-bond acceptors (Lipinski definition) is 6. The van der Waals surface area contributed by atoms with E-state index in [2.05, 4.69) is 13.5 Å². The quantitative estimate of drug-likeness (QED) is 0.472. The minimum Gasteiger partial charge on any atom is -0.191 e. The van der Waals surface area contributed by atoms with E-state index in [1.165, 1.54) is 6.07 Å². The third kappa shape index (κ3) is 3.70.